The van der Waals surface area contributed by atoms with Crippen molar-refractivity contribution in [2.45, 2.75) is 20.8 Å². The first-order valence-electron chi connectivity index (χ1n) is 8.10. The number of benzene rings is 1. The van der Waals surface area contributed by atoms with Crippen LogP contribution >= 0.6 is 0 Å². The van der Waals surface area contributed by atoms with Crippen molar-refractivity contribution in [3.8, 4) is 17.3 Å². The van der Waals surface area contributed by atoms with Gasteiger partial charge in [-0.15, -0.1) is 0 Å². The zero-order valence-corrected chi connectivity index (χ0v) is 15.4. The van der Waals surface area contributed by atoms with Crippen LogP contribution in [0.1, 0.15) is 27.5 Å². The van der Waals surface area contributed by atoms with Crippen LogP contribution in [0.4, 0.5) is 5.69 Å². The number of anilines is 1. The Morgan fingerprint density at radius 1 is 1.08 bits per heavy atom. The Morgan fingerprint density at radius 3 is 2.42 bits per heavy atom. The lowest BCUT2D eigenvalue weighted by atomic mass is 10.2. The molecule has 136 valence electrons. The zero-order valence-electron chi connectivity index (χ0n) is 15.4. The van der Waals surface area contributed by atoms with Gasteiger partial charge in [-0.3, -0.25) is 9.36 Å². The number of nitrogens with one attached hydrogen (secondary N) is 1. The number of carbonyl (C=O) groups excluding carboxylic acids is 1. The number of amides is 1. The quantitative estimate of drug-likeness (QED) is 0.756. The van der Waals surface area contributed by atoms with Crippen molar-refractivity contribution in [1.82, 2.24) is 9.72 Å². The third kappa shape index (κ3) is 3.15. The molecule has 0 aliphatic carbocycles. The minimum Gasteiger partial charge on any atom is -0.493 e. The van der Waals surface area contributed by atoms with Crippen LogP contribution in [-0.4, -0.2) is 29.9 Å². The molecular weight excluding hydrogens is 334 g/mol. The highest BCUT2D eigenvalue weighted by Crippen LogP contribution is 2.30. The molecule has 2 heterocycles. The van der Waals surface area contributed by atoms with Gasteiger partial charge in [0, 0.05) is 29.2 Å². The molecule has 3 rings (SSSR count). The number of carbonyl (C=O) groups is 1. The minimum atomic E-state index is -0.211. The molecule has 3 aromatic rings. The van der Waals surface area contributed by atoms with E-state index in [4.69, 9.17) is 14.0 Å². The predicted octanol–water partition coefficient (Wildman–Crippen LogP) is 3.66. The fourth-order valence-electron chi connectivity index (χ4n) is 2.92. The maximum atomic E-state index is 12.8. The summed E-state index contributed by atoms with van der Waals surface area (Å²) in [4.78, 5) is 12.8. The van der Waals surface area contributed by atoms with Gasteiger partial charge in [0.2, 0.25) is 0 Å². The molecule has 0 bridgehead atoms. The zero-order chi connectivity index (χ0) is 18.8. The molecule has 26 heavy (non-hydrogen) atoms. The molecule has 0 aliphatic heterocycles. The van der Waals surface area contributed by atoms with E-state index in [0.29, 0.717) is 34.3 Å². The Balaban J connectivity index is 1.89. The Labute approximate surface area is 151 Å². The number of hydrogen-bond donors (Lipinski definition) is 1. The molecule has 7 nitrogen and oxygen atoms in total. The Morgan fingerprint density at radius 2 is 1.81 bits per heavy atom. The van der Waals surface area contributed by atoms with E-state index < -0.39 is 0 Å². The van der Waals surface area contributed by atoms with Gasteiger partial charge in [0.15, 0.2) is 17.3 Å². The molecular formula is C19H21N3O4. The van der Waals surface area contributed by atoms with E-state index in [9.17, 15) is 4.79 Å². The third-order valence-corrected chi connectivity index (χ3v) is 4.16. The molecule has 2 aromatic heterocycles. The van der Waals surface area contributed by atoms with E-state index in [1.54, 1.807) is 32.4 Å². The molecule has 1 N–H and O–H groups in total. The summed E-state index contributed by atoms with van der Waals surface area (Å²) in [6, 6.07) is 8.89. The largest absolute Gasteiger partial charge is 0.493 e. The van der Waals surface area contributed by atoms with Crippen molar-refractivity contribution in [2.24, 2.45) is 0 Å². The van der Waals surface area contributed by atoms with Crippen molar-refractivity contribution in [2.75, 3.05) is 19.5 Å². The first kappa shape index (κ1) is 17.6. The van der Waals surface area contributed by atoms with E-state index in [1.807, 2.05) is 37.5 Å². The molecule has 0 unspecified atom stereocenters. The van der Waals surface area contributed by atoms with Gasteiger partial charge in [0.05, 0.1) is 19.8 Å². The highest BCUT2D eigenvalue weighted by atomic mass is 16.5. The topological polar surface area (TPSA) is 78.5 Å². The second kappa shape index (κ2) is 6.95. The van der Waals surface area contributed by atoms with E-state index in [2.05, 4.69) is 10.5 Å². The highest BCUT2D eigenvalue weighted by molar-refractivity contribution is 6.05. The second-order valence-corrected chi connectivity index (χ2v) is 5.94. The van der Waals surface area contributed by atoms with Gasteiger partial charge in [-0.05, 0) is 39.0 Å². The minimum absolute atomic E-state index is 0.211. The van der Waals surface area contributed by atoms with Crippen LogP contribution in [0.3, 0.4) is 0 Å². The Kier molecular flexibility index (Phi) is 4.71. The van der Waals surface area contributed by atoms with Crippen LogP contribution in [0.2, 0.25) is 0 Å². The standard InChI is InChI=1S/C19H21N3O4/c1-11-8-15(13(3)22(11)18-9-12(2)26-21-18)19(23)20-14-6-7-16(24-4)17(10-14)25-5/h6-10H,1-5H3,(H,20,23). The molecule has 1 amide bonds. The molecule has 0 aliphatic rings. The normalized spacial score (nSPS) is 10.7. The number of nitrogens with zero attached hydrogens (tertiary/aromatic N) is 2. The average Bonchev–Trinajstić information content (AvgIpc) is 3.17. The monoisotopic (exact) mass is 355 g/mol. The van der Waals surface area contributed by atoms with Crippen molar-refractivity contribution in [1.29, 1.82) is 0 Å². The van der Waals surface area contributed by atoms with E-state index in [1.165, 1.54) is 0 Å². The van der Waals surface area contributed by atoms with Crippen LogP contribution < -0.4 is 14.8 Å². The first-order chi connectivity index (χ1) is 12.4. The third-order valence-electron chi connectivity index (χ3n) is 4.16. The molecule has 0 saturated heterocycles. The molecule has 0 saturated carbocycles. The maximum absolute atomic E-state index is 12.8. The van der Waals surface area contributed by atoms with Gasteiger partial charge in [-0.2, -0.15) is 0 Å². The fourth-order valence-corrected chi connectivity index (χ4v) is 2.92. The van der Waals surface area contributed by atoms with Crippen molar-refractivity contribution < 1.29 is 18.8 Å². The second-order valence-electron chi connectivity index (χ2n) is 5.94. The smallest absolute Gasteiger partial charge is 0.257 e. The first-order valence-corrected chi connectivity index (χ1v) is 8.10. The van der Waals surface area contributed by atoms with Crippen molar-refractivity contribution in [3.63, 3.8) is 0 Å². The van der Waals surface area contributed by atoms with Crippen LogP contribution in [0.5, 0.6) is 11.5 Å². The fraction of sp³-hybridized carbons (Fsp3) is 0.263. The summed E-state index contributed by atoms with van der Waals surface area (Å²) in [7, 11) is 3.12. The lowest BCUT2D eigenvalue weighted by molar-refractivity contribution is 0.102. The van der Waals surface area contributed by atoms with Gasteiger partial charge in [0.25, 0.3) is 5.91 Å². The van der Waals surface area contributed by atoms with Crippen LogP contribution in [0.15, 0.2) is 34.9 Å². The van der Waals surface area contributed by atoms with Gasteiger partial charge < -0.3 is 19.3 Å². The number of methoxy groups -OCH3 is 2. The van der Waals surface area contributed by atoms with Gasteiger partial charge >= 0.3 is 0 Å². The summed E-state index contributed by atoms with van der Waals surface area (Å²) >= 11 is 0. The van der Waals surface area contributed by atoms with Crippen molar-refractivity contribution >= 4 is 11.6 Å². The lowest BCUT2D eigenvalue weighted by Gasteiger charge is -2.11. The number of ether oxygens (including phenoxy) is 2. The summed E-state index contributed by atoms with van der Waals surface area (Å²) < 4.78 is 17.5. The van der Waals surface area contributed by atoms with Crippen molar-refractivity contribution in [3.05, 3.63) is 53.0 Å². The number of hydrogen-bond acceptors (Lipinski definition) is 5. The van der Waals surface area contributed by atoms with Crippen LogP contribution in [-0.2, 0) is 0 Å². The number of rotatable bonds is 5. The summed E-state index contributed by atoms with van der Waals surface area (Å²) in [6.45, 7) is 5.63. The SMILES string of the molecule is COc1ccc(NC(=O)c2cc(C)n(-c3cc(C)on3)c2C)cc1OC. The molecule has 0 radical (unpaired) electrons. The molecule has 0 fully saturated rings. The number of aromatic nitrogens is 2. The molecule has 7 heteroatoms. The highest BCUT2D eigenvalue weighted by Gasteiger charge is 2.19. The van der Waals surface area contributed by atoms with Crippen LogP contribution in [0.25, 0.3) is 5.82 Å². The Bertz CT molecular complexity index is 956. The maximum Gasteiger partial charge on any atom is 0.257 e. The summed E-state index contributed by atoms with van der Waals surface area (Å²) in [6.07, 6.45) is 0. The predicted molar refractivity (Wildman–Crippen MR) is 97.5 cm³/mol. The summed E-state index contributed by atoms with van der Waals surface area (Å²) in [5, 5.41) is 6.92. The van der Waals surface area contributed by atoms with Crippen LogP contribution in [0, 0.1) is 20.8 Å². The number of aryl methyl sites for hydroxylation is 2. The molecule has 1 aromatic carbocycles. The summed E-state index contributed by atoms with van der Waals surface area (Å²) in [5.74, 6) is 2.31. The average molecular weight is 355 g/mol. The van der Waals surface area contributed by atoms with Gasteiger partial charge in [-0.25, -0.2) is 0 Å². The van der Waals surface area contributed by atoms with E-state index in [0.717, 1.165) is 11.4 Å². The van der Waals surface area contributed by atoms with E-state index in [-0.39, 0.29) is 5.91 Å². The lowest BCUT2D eigenvalue weighted by Crippen LogP contribution is -2.13. The Hall–Kier alpha value is -3.22. The van der Waals surface area contributed by atoms with E-state index >= 15 is 0 Å². The summed E-state index contributed by atoms with van der Waals surface area (Å²) in [5.41, 5.74) is 2.87. The molecule has 0 spiro atoms. The molecule has 0 atom stereocenters. The van der Waals surface area contributed by atoms with Gasteiger partial charge in [-0.1, -0.05) is 5.16 Å². The van der Waals surface area contributed by atoms with Gasteiger partial charge in [0.1, 0.15) is 5.76 Å².